The van der Waals surface area contributed by atoms with E-state index in [2.05, 4.69) is 9.88 Å². The zero-order valence-electron chi connectivity index (χ0n) is 22.9. The number of carbonyl (C=O) groups excluding carboxylic acids is 2. The second-order valence-corrected chi connectivity index (χ2v) is 10.3. The molecule has 9 heteroatoms. The highest BCUT2D eigenvalue weighted by Gasteiger charge is 2.46. The lowest BCUT2D eigenvalue weighted by Gasteiger charge is -2.31. The van der Waals surface area contributed by atoms with E-state index in [-0.39, 0.29) is 11.3 Å². The van der Waals surface area contributed by atoms with Crippen LogP contribution in [0.2, 0.25) is 0 Å². The maximum atomic E-state index is 13.6. The second kappa shape index (κ2) is 11.6. The quantitative estimate of drug-likeness (QED) is 0.201. The number of pyridine rings is 1. The number of rotatable bonds is 8. The largest absolute Gasteiger partial charge is 0.505 e. The maximum absolute atomic E-state index is 13.6. The summed E-state index contributed by atoms with van der Waals surface area (Å²) in [5.74, 6) is -0.979. The number of aliphatic hydroxyl groups is 1. The average molecular weight is 553 g/mol. The van der Waals surface area contributed by atoms with Gasteiger partial charge >= 0.3 is 0 Å². The lowest BCUT2D eigenvalue weighted by molar-refractivity contribution is -0.140. The Bertz CT molecular complexity index is 1610. The number of carbonyl (C=O) groups is 2. The zero-order valence-corrected chi connectivity index (χ0v) is 22.9. The van der Waals surface area contributed by atoms with Gasteiger partial charge in [-0.3, -0.25) is 18.9 Å². The molecule has 6 rings (SSSR count). The van der Waals surface area contributed by atoms with Crippen molar-refractivity contribution < 1.29 is 24.2 Å². The van der Waals surface area contributed by atoms with Crippen LogP contribution in [0.5, 0.6) is 5.75 Å². The Kier molecular flexibility index (Phi) is 7.54. The summed E-state index contributed by atoms with van der Waals surface area (Å²) < 4.78 is 13.3. The summed E-state index contributed by atoms with van der Waals surface area (Å²) in [6.07, 6.45) is 1.78. The topological polar surface area (TPSA) is 96.6 Å². The third-order valence-electron chi connectivity index (χ3n) is 7.65. The van der Waals surface area contributed by atoms with Crippen LogP contribution in [0.4, 0.5) is 0 Å². The standard InChI is InChI=1S/C32H32N4O5/c1-22-28(35-13-6-5-12-26(35)33-22)30(37)27-29(36(32(39)31(27)38)15-14-34-16-18-40-19-17-34)24-10-7-11-25(20-24)41-21-23-8-3-2-4-9-23/h2-13,20,29,37H,14-19,21H2,1H3/b30-27+. The number of Topliss-reactive ketones (excluding diaryl/α,β-unsaturated/α-hetero) is 1. The van der Waals surface area contributed by atoms with Crippen LogP contribution in [0.3, 0.4) is 0 Å². The van der Waals surface area contributed by atoms with Crippen LogP contribution >= 0.6 is 0 Å². The fourth-order valence-electron chi connectivity index (χ4n) is 5.57. The highest BCUT2D eigenvalue weighted by Crippen LogP contribution is 2.40. The number of amides is 1. The summed E-state index contributed by atoms with van der Waals surface area (Å²) >= 11 is 0. The van der Waals surface area contributed by atoms with Crippen LogP contribution in [0.1, 0.15) is 28.6 Å². The molecule has 2 aliphatic rings. The van der Waals surface area contributed by atoms with Crippen LogP contribution in [0.25, 0.3) is 11.4 Å². The summed E-state index contributed by atoms with van der Waals surface area (Å²) in [4.78, 5) is 35.5. The lowest BCUT2D eigenvalue weighted by atomic mass is 9.96. The molecule has 0 saturated carbocycles. The number of benzene rings is 2. The number of aliphatic hydroxyl groups excluding tert-OH is 1. The van der Waals surface area contributed by atoms with Crippen molar-refractivity contribution in [1.29, 1.82) is 0 Å². The first-order valence-corrected chi connectivity index (χ1v) is 13.8. The number of morpholine rings is 1. The second-order valence-electron chi connectivity index (χ2n) is 10.3. The van der Waals surface area contributed by atoms with Gasteiger partial charge in [0.25, 0.3) is 11.7 Å². The van der Waals surface area contributed by atoms with Gasteiger partial charge in [0, 0.05) is 32.4 Å². The van der Waals surface area contributed by atoms with Gasteiger partial charge in [-0.15, -0.1) is 0 Å². The number of aryl methyl sites for hydroxylation is 1. The molecule has 210 valence electrons. The molecule has 0 spiro atoms. The number of aromatic nitrogens is 2. The van der Waals surface area contributed by atoms with Crippen LogP contribution in [-0.4, -0.2) is 75.4 Å². The molecule has 1 amide bonds. The number of likely N-dealkylation sites (tertiary alicyclic amines) is 1. The zero-order chi connectivity index (χ0) is 28.3. The first-order valence-electron chi connectivity index (χ1n) is 13.8. The van der Waals surface area contributed by atoms with Gasteiger partial charge in [0.1, 0.15) is 23.7 Å². The Hall–Kier alpha value is -4.47. The van der Waals surface area contributed by atoms with Crippen LogP contribution < -0.4 is 4.74 Å². The van der Waals surface area contributed by atoms with Gasteiger partial charge in [-0.25, -0.2) is 4.98 Å². The molecular weight excluding hydrogens is 520 g/mol. The Balaban J connectivity index is 1.40. The highest BCUT2D eigenvalue weighted by atomic mass is 16.5. The number of ketones is 1. The first-order chi connectivity index (χ1) is 20.0. The fraction of sp³-hybridized carbons (Fsp3) is 0.281. The molecule has 0 radical (unpaired) electrons. The van der Waals surface area contributed by atoms with Crippen molar-refractivity contribution >= 4 is 23.1 Å². The minimum atomic E-state index is -0.787. The Labute approximate surface area is 238 Å². The molecule has 1 atom stereocenters. The molecule has 1 N–H and O–H groups in total. The third kappa shape index (κ3) is 5.33. The van der Waals surface area contributed by atoms with E-state index in [1.54, 1.807) is 22.4 Å². The maximum Gasteiger partial charge on any atom is 0.295 e. The SMILES string of the molecule is Cc1nc2ccccn2c1/C(O)=C1\C(=O)C(=O)N(CCN2CCOCC2)C1c1cccc(OCc2ccccc2)c1. The van der Waals surface area contributed by atoms with E-state index in [1.807, 2.05) is 72.8 Å². The molecule has 2 aromatic heterocycles. The van der Waals surface area contributed by atoms with Crippen LogP contribution in [-0.2, 0) is 20.9 Å². The summed E-state index contributed by atoms with van der Waals surface area (Å²) in [5, 5.41) is 11.7. The van der Waals surface area contributed by atoms with Gasteiger partial charge < -0.3 is 19.5 Å². The van der Waals surface area contributed by atoms with Gasteiger partial charge in [-0.05, 0) is 42.3 Å². The van der Waals surface area contributed by atoms with Gasteiger partial charge in [-0.1, -0.05) is 48.5 Å². The average Bonchev–Trinajstić information content (AvgIpc) is 3.48. The van der Waals surface area contributed by atoms with E-state index in [0.717, 1.165) is 18.7 Å². The molecule has 41 heavy (non-hydrogen) atoms. The predicted octanol–water partition coefficient (Wildman–Crippen LogP) is 3.98. The van der Waals surface area contributed by atoms with Crippen LogP contribution in [0.15, 0.2) is 84.6 Å². The molecule has 1 unspecified atom stereocenters. The van der Waals surface area contributed by atoms with E-state index in [0.29, 0.717) is 61.3 Å². The summed E-state index contributed by atoms with van der Waals surface area (Å²) in [6.45, 7) is 5.87. The Morgan fingerprint density at radius 1 is 1.00 bits per heavy atom. The van der Waals surface area contributed by atoms with E-state index < -0.39 is 17.7 Å². The number of fused-ring (bicyclic) bond motifs is 1. The van der Waals surface area contributed by atoms with Crippen molar-refractivity contribution in [3.63, 3.8) is 0 Å². The third-order valence-corrected chi connectivity index (χ3v) is 7.65. The van der Waals surface area contributed by atoms with Crippen molar-refractivity contribution in [2.24, 2.45) is 0 Å². The molecule has 0 aliphatic carbocycles. The summed E-state index contributed by atoms with van der Waals surface area (Å²) in [7, 11) is 0. The van der Waals surface area contributed by atoms with E-state index in [4.69, 9.17) is 9.47 Å². The monoisotopic (exact) mass is 552 g/mol. The van der Waals surface area contributed by atoms with E-state index in [1.165, 1.54) is 0 Å². The number of nitrogens with zero attached hydrogens (tertiary/aromatic N) is 4. The molecule has 0 bridgehead atoms. The number of hydrogen-bond acceptors (Lipinski definition) is 7. The molecule has 2 fully saturated rings. The Morgan fingerprint density at radius 3 is 2.59 bits per heavy atom. The molecule has 2 aliphatic heterocycles. The van der Waals surface area contributed by atoms with Crippen molar-refractivity contribution in [2.45, 2.75) is 19.6 Å². The smallest absolute Gasteiger partial charge is 0.295 e. The van der Waals surface area contributed by atoms with Gasteiger partial charge in [0.15, 0.2) is 5.76 Å². The molecular formula is C32H32N4O5. The van der Waals surface area contributed by atoms with Crippen molar-refractivity contribution in [2.75, 3.05) is 39.4 Å². The van der Waals surface area contributed by atoms with Gasteiger partial charge in [-0.2, -0.15) is 0 Å². The predicted molar refractivity (Wildman–Crippen MR) is 153 cm³/mol. The van der Waals surface area contributed by atoms with E-state index in [9.17, 15) is 14.7 Å². The number of hydrogen-bond donors (Lipinski definition) is 1. The van der Waals surface area contributed by atoms with Crippen molar-refractivity contribution in [3.8, 4) is 5.75 Å². The van der Waals surface area contributed by atoms with Crippen LogP contribution in [0, 0.1) is 6.92 Å². The lowest BCUT2D eigenvalue weighted by Crippen LogP contribution is -2.42. The number of imidazole rings is 1. The molecule has 4 heterocycles. The summed E-state index contributed by atoms with van der Waals surface area (Å²) in [6, 6.07) is 22.0. The van der Waals surface area contributed by atoms with Crippen molar-refractivity contribution in [1.82, 2.24) is 19.2 Å². The highest BCUT2D eigenvalue weighted by molar-refractivity contribution is 6.46. The fourth-order valence-corrected chi connectivity index (χ4v) is 5.57. The molecule has 2 aromatic carbocycles. The first kappa shape index (κ1) is 26.7. The Morgan fingerprint density at radius 2 is 1.78 bits per heavy atom. The van der Waals surface area contributed by atoms with Gasteiger partial charge in [0.05, 0.1) is 30.5 Å². The van der Waals surface area contributed by atoms with E-state index >= 15 is 0 Å². The minimum absolute atomic E-state index is 0.0472. The molecule has 9 nitrogen and oxygen atoms in total. The minimum Gasteiger partial charge on any atom is -0.505 e. The number of ether oxygens (including phenoxy) is 2. The molecule has 4 aromatic rings. The van der Waals surface area contributed by atoms with Crippen molar-refractivity contribution in [3.05, 3.63) is 107 Å². The summed E-state index contributed by atoms with van der Waals surface area (Å²) in [5.41, 5.74) is 3.36. The normalized spacial score (nSPS) is 19.2. The van der Waals surface area contributed by atoms with Gasteiger partial charge in [0.2, 0.25) is 0 Å². The molecule has 2 saturated heterocycles.